The van der Waals surface area contributed by atoms with E-state index in [4.69, 9.17) is 8.83 Å². The van der Waals surface area contributed by atoms with Crippen molar-refractivity contribution in [3.05, 3.63) is 101 Å². The van der Waals surface area contributed by atoms with Crippen LogP contribution in [0.1, 0.15) is 37.8 Å². The van der Waals surface area contributed by atoms with Crippen LogP contribution in [0.4, 0.5) is 10.1 Å². The lowest BCUT2D eigenvalue weighted by molar-refractivity contribution is 0.0997. The third-order valence-corrected chi connectivity index (χ3v) is 5.45. The fraction of sp³-hybridized carbons (Fsp3) is 0.0769. The normalized spacial score (nSPS) is 11.2. The number of aryl methyl sites for hydroxylation is 2. The van der Waals surface area contributed by atoms with Crippen LogP contribution in [0.25, 0.3) is 21.9 Å². The Labute approximate surface area is 182 Å². The molecule has 0 bridgehead atoms. The predicted octanol–water partition coefficient (Wildman–Crippen LogP) is 6.42. The van der Waals surface area contributed by atoms with Crippen molar-refractivity contribution in [3.63, 3.8) is 0 Å². The van der Waals surface area contributed by atoms with Crippen molar-refractivity contribution in [2.45, 2.75) is 13.8 Å². The van der Waals surface area contributed by atoms with E-state index in [1.54, 1.807) is 24.3 Å². The highest BCUT2D eigenvalue weighted by molar-refractivity contribution is 6.19. The standard InChI is InChI=1S/C26H18FNO4/c1-14-7-12-18-15(2)24(32-21(18)13-14)26(30)28-22-19-5-3-4-6-20(19)31-25(22)23(29)16-8-10-17(27)11-9-16/h3-13H,1-2H3,(H,28,30). The lowest BCUT2D eigenvalue weighted by Gasteiger charge is -2.05. The van der Waals surface area contributed by atoms with Crippen LogP contribution in [-0.2, 0) is 0 Å². The van der Waals surface area contributed by atoms with Gasteiger partial charge < -0.3 is 14.2 Å². The topological polar surface area (TPSA) is 72.5 Å². The number of anilines is 1. The molecule has 0 atom stereocenters. The molecule has 0 spiro atoms. The molecule has 158 valence electrons. The highest BCUT2D eigenvalue weighted by Gasteiger charge is 2.26. The molecule has 0 aliphatic carbocycles. The lowest BCUT2D eigenvalue weighted by Crippen LogP contribution is -2.14. The van der Waals surface area contributed by atoms with Crippen molar-refractivity contribution in [2.24, 2.45) is 0 Å². The highest BCUT2D eigenvalue weighted by Crippen LogP contribution is 2.34. The van der Waals surface area contributed by atoms with Gasteiger partial charge in [0.2, 0.25) is 5.78 Å². The molecule has 0 radical (unpaired) electrons. The zero-order valence-electron chi connectivity index (χ0n) is 17.4. The van der Waals surface area contributed by atoms with E-state index in [0.29, 0.717) is 22.1 Å². The van der Waals surface area contributed by atoms with E-state index >= 15 is 0 Å². The number of carbonyl (C=O) groups excluding carboxylic acids is 2. The van der Waals surface area contributed by atoms with Crippen molar-refractivity contribution in [2.75, 3.05) is 5.32 Å². The molecule has 0 aliphatic rings. The van der Waals surface area contributed by atoms with E-state index < -0.39 is 17.5 Å². The summed E-state index contributed by atoms with van der Waals surface area (Å²) in [7, 11) is 0. The van der Waals surface area contributed by atoms with Gasteiger partial charge in [-0.15, -0.1) is 0 Å². The van der Waals surface area contributed by atoms with E-state index in [9.17, 15) is 14.0 Å². The zero-order chi connectivity index (χ0) is 22.4. The van der Waals surface area contributed by atoms with E-state index in [1.165, 1.54) is 24.3 Å². The lowest BCUT2D eigenvalue weighted by atomic mass is 10.1. The summed E-state index contributed by atoms with van der Waals surface area (Å²) in [6, 6.07) is 17.9. The van der Waals surface area contributed by atoms with Crippen LogP contribution in [0.2, 0.25) is 0 Å². The fourth-order valence-electron chi connectivity index (χ4n) is 3.78. The number of hydrogen-bond donors (Lipinski definition) is 1. The molecule has 1 N–H and O–H groups in total. The first-order valence-electron chi connectivity index (χ1n) is 10.1. The number of rotatable bonds is 4. The molecule has 0 saturated carbocycles. The van der Waals surface area contributed by atoms with Gasteiger partial charge in [0.25, 0.3) is 5.91 Å². The summed E-state index contributed by atoms with van der Waals surface area (Å²) in [5.74, 6) is -1.27. The molecule has 5 aromatic rings. The van der Waals surface area contributed by atoms with Crippen LogP contribution >= 0.6 is 0 Å². The Morgan fingerprint density at radius 3 is 2.31 bits per heavy atom. The molecule has 1 amide bonds. The Hall–Kier alpha value is -4.19. The predicted molar refractivity (Wildman–Crippen MR) is 120 cm³/mol. The van der Waals surface area contributed by atoms with Crippen LogP contribution in [0.15, 0.2) is 75.6 Å². The first-order chi connectivity index (χ1) is 15.4. The fourth-order valence-corrected chi connectivity index (χ4v) is 3.78. The number of ketones is 1. The summed E-state index contributed by atoms with van der Waals surface area (Å²) >= 11 is 0. The van der Waals surface area contributed by atoms with E-state index in [2.05, 4.69) is 5.32 Å². The maximum absolute atomic E-state index is 13.3. The molecule has 3 aromatic carbocycles. The average Bonchev–Trinajstić information content (AvgIpc) is 3.31. The van der Waals surface area contributed by atoms with Crippen molar-refractivity contribution in [1.29, 1.82) is 0 Å². The third-order valence-electron chi connectivity index (χ3n) is 5.45. The summed E-state index contributed by atoms with van der Waals surface area (Å²) < 4.78 is 24.9. The number of furan rings is 2. The summed E-state index contributed by atoms with van der Waals surface area (Å²) in [4.78, 5) is 26.3. The van der Waals surface area contributed by atoms with Crippen molar-refractivity contribution < 1.29 is 22.8 Å². The molecule has 5 rings (SSSR count). The van der Waals surface area contributed by atoms with Gasteiger partial charge in [0.1, 0.15) is 17.0 Å². The highest BCUT2D eigenvalue weighted by atomic mass is 19.1. The van der Waals surface area contributed by atoms with Crippen LogP contribution in [-0.4, -0.2) is 11.7 Å². The molecule has 5 nitrogen and oxygen atoms in total. The maximum Gasteiger partial charge on any atom is 0.291 e. The number of carbonyl (C=O) groups is 2. The summed E-state index contributed by atoms with van der Waals surface area (Å²) in [6.07, 6.45) is 0. The number of hydrogen-bond acceptors (Lipinski definition) is 4. The summed E-state index contributed by atoms with van der Waals surface area (Å²) in [5.41, 5.74) is 3.28. The summed E-state index contributed by atoms with van der Waals surface area (Å²) in [5, 5.41) is 4.23. The minimum Gasteiger partial charge on any atom is -0.451 e. The van der Waals surface area contributed by atoms with Gasteiger partial charge in [-0.1, -0.05) is 24.3 Å². The molecular weight excluding hydrogens is 409 g/mol. The number of amides is 1. The monoisotopic (exact) mass is 427 g/mol. The van der Waals surface area contributed by atoms with Crippen molar-refractivity contribution in [3.8, 4) is 0 Å². The smallest absolute Gasteiger partial charge is 0.291 e. The molecular formula is C26H18FNO4. The van der Waals surface area contributed by atoms with Crippen LogP contribution in [0.5, 0.6) is 0 Å². The second kappa shape index (κ2) is 7.50. The Balaban J connectivity index is 1.59. The van der Waals surface area contributed by atoms with Crippen molar-refractivity contribution >= 4 is 39.3 Å². The van der Waals surface area contributed by atoms with E-state index in [1.807, 2.05) is 32.0 Å². The Bertz CT molecular complexity index is 1510. The Morgan fingerprint density at radius 1 is 0.812 bits per heavy atom. The van der Waals surface area contributed by atoms with Crippen LogP contribution in [0, 0.1) is 19.7 Å². The van der Waals surface area contributed by atoms with Crippen LogP contribution in [0.3, 0.4) is 0 Å². The molecule has 0 saturated heterocycles. The SMILES string of the molecule is Cc1ccc2c(C)c(C(=O)Nc3c(C(=O)c4ccc(F)cc4)oc4ccccc34)oc2c1. The molecule has 6 heteroatoms. The van der Waals surface area contributed by atoms with Gasteiger partial charge in [0.05, 0.1) is 5.69 Å². The Kier molecular flexibility index (Phi) is 4.63. The summed E-state index contributed by atoms with van der Waals surface area (Å²) in [6.45, 7) is 3.76. The van der Waals surface area contributed by atoms with Gasteiger partial charge >= 0.3 is 0 Å². The number of benzene rings is 3. The Morgan fingerprint density at radius 2 is 1.53 bits per heavy atom. The van der Waals surface area contributed by atoms with Gasteiger partial charge in [0, 0.05) is 21.9 Å². The quantitative estimate of drug-likeness (QED) is 0.336. The van der Waals surface area contributed by atoms with Gasteiger partial charge in [-0.25, -0.2) is 4.39 Å². The molecule has 0 aliphatic heterocycles. The van der Waals surface area contributed by atoms with Gasteiger partial charge in [-0.3, -0.25) is 9.59 Å². The van der Waals surface area contributed by atoms with Crippen molar-refractivity contribution in [1.82, 2.24) is 0 Å². The first-order valence-corrected chi connectivity index (χ1v) is 10.1. The third kappa shape index (κ3) is 3.26. The van der Waals surface area contributed by atoms with E-state index in [-0.39, 0.29) is 22.8 Å². The zero-order valence-corrected chi connectivity index (χ0v) is 17.4. The van der Waals surface area contributed by atoms with Crippen LogP contribution < -0.4 is 5.32 Å². The number of para-hydroxylation sites is 1. The second-order valence-electron chi connectivity index (χ2n) is 7.65. The molecule has 2 aromatic heterocycles. The van der Waals surface area contributed by atoms with Gasteiger partial charge in [-0.05, 0) is 61.9 Å². The van der Waals surface area contributed by atoms with E-state index in [0.717, 1.165) is 10.9 Å². The van der Waals surface area contributed by atoms with Gasteiger partial charge in [0.15, 0.2) is 11.5 Å². The number of halogens is 1. The molecule has 32 heavy (non-hydrogen) atoms. The molecule has 0 unspecified atom stereocenters. The average molecular weight is 427 g/mol. The minimum atomic E-state index is -0.490. The van der Waals surface area contributed by atoms with Gasteiger partial charge in [-0.2, -0.15) is 0 Å². The number of fused-ring (bicyclic) bond motifs is 2. The minimum absolute atomic E-state index is 0.0317. The second-order valence-corrected chi connectivity index (χ2v) is 7.65. The first kappa shape index (κ1) is 19.8. The number of nitrogens with one attached hydrogen (secondary N) is 1. The molecule has 0 fully saturated rings. The molecule has 2 heterocycles. The maximum atomic E-state index is 13.3. The largest absolute Gasteiger partial charge is 0.451 e.